The molecular formula is C18H22BrIN4O. The van der Waals surface area contributed by atoms with E-state index in [-0.39, 0.29) is 29.9 Å². The Balaban J connectivity index is 0.00000312. The molecule has 2 aromatic carbocycles. The molecular weight excluding hydrogens is 495 g/mol. The van der Waals surface area contributed by atoms with Gasteiger partial charge in [-0.15, -0.1) is 24.0 Å². The highest BCUT2D eigenvalue weighted by Crippen LogP contribution is 2.13. The number of anilines is 1. The predicted molar refractivity (Wildman–Crippen MR) is 118 cm³/mol. The summed E-state index contributed by atoms with van der Waals surface area (Å²) in [6.07, 6.45) is 0. The summed E-state index contributed by atoms with van der Waals surface area (Å²) in [5, 5.41) is 5.86. The highest BCUT2D eigenvalue weighted by molar-refractivity contribution is 14.0. The molecule has 0 radical (unpaired) electrons. The SMILES string of the molecule is Cc1ccc(NC(N)=NCCNC(=O)c2cccc(Br)c2)cc1C.I. The monoisotopic (exact) mass is 516 g/mol. The zero-order valence-electron chi connectivity index (χ0n) is 14.2. The van der Waals surface area contributed by atoms with Gasteiger partial charge in [-0.05, 0) is 55.3 Å². The second-order valence-electron chi connectivity index (χ2n) is 5.46. The maximum atomic E-state index is 12.0. The van der Waals surface area contributed by atoms with E-state index >= 15 is 0 Å². The molecule has 0 saturated carbocycles. The van der Waals surface area contributed by atoms with Gasteiger partial charge in [0.25, 0.3) is 5.91 Å². The molecule has 0 saturated heterocycles. The van der Waals surface area contributed by atoms with Crippen molar-refractivity contribution in [3.63, 3.8) is 0 Å². The van der Waals surface area contributed by atoms with Crippen LogP contribution in [0.1, 0.15) is 21.5 Å². The topological polar surface area (TPSA) is 79.5 Å². The molecule has 0 aromatic heterocycles. The van der Waals surface area contributed by atoms with Crippen molar-refractivity contribution in [2.45, 2.75) is 13.8 Å². The molecule has 0 aliphatic rings. The van der Waals surface area contributed by atoms with E-state index in [2.05, 4.69) is 38.5 Å². The largest absolute Gasteiger partial charge is 0.370 e. The minimum atomic E-state index is -0.132. The first-order valence-electron chi connectivity index (χ1n) is 7.63. The highest BCUT2D eigenvalue weighted by Gasteiger charge is 2.04. The molecule has 134 valence electrons. The van der Waals surface area contributed by atoms with E-state index < -0.39 is 0 Å². The average Bonchev–Trinajstić information content (AvgIpc) is 2.55. The number of nitrogens with two attached hydrogens (primary N) is 1. The van der Waals surface area contributed by atoms with E-state index in [1.165, 1.54) is 11.1 Å². The van der Waals surface area contributed by atoms with Gasteiger partial charge in [0.05, 0.1) is 6.54 Å². The van der Waals surface area contributed by atoms with Crippen LogP contribution < -0.4 is 16.4 Å². The molecule has 0 atom stereocenters. The summed E-state index contributed by atoms with van der Waals surface area (Å²) in [5.41, 5.74) is 9.79. The van der Waals surface area contributed by atoms with Crippen LogP contribution in [-0.2, 0) is 0 Å². The average molecular weight is 517 g/mol. The molecule has 7 heteroatoms. The molecule has 0 fully saturated rings. The van der Waals surface area contributed by atoms with E-state index in [9.17, 15) is 4.79 Å². The van der Waals surface area contributed by atoms with Crippen molar-refractivity contribution in [2.75, 3.05) is 18.4 Å². The first-order valence-corrected chi connectivity index (χ1v) is 8.43. The van der Waals surface area contributed by atoms with Gasteiger partial charge in [-0.3, -0.25) is 9.79 Å². The second kappa shape index (κ2) is 10.4. The number of amides is 1. The molecule has 0 aliphatic carbocycles. The predicted octanol–water partition coefficient (Wildman–Crippen LogP) is 3.84. The molecule has 2 aromatic rings. The number of hydrogen-bond acceptors (Lipinski definition) is 2. The van der Waals surface area contributed by atoms with Gasteiger partial charge in [-0.25, -0.2) is 0 Å². The van der Waals surface area contributed by atoms with Crippen molar-refractivity contribution in [3.8, 4) is 0 Å². The smallest absolute Gasteiger partial charge is 0.251 e. The lowest BCUT2D eigenvalue weighted by molar-refractivity contribution is 0.0954. The Morgan fingerprint density at radius 2 is 1.92 bits per heavy atom. The zero-order valence-corrected chi connectivity index (χ0v) is 18.1. The maximum Gasteiger partial charge on any atom is 0.251 e. The van der Waals surface area contributed by atoms with Crippen LogP contribution in [-0.4, -0.2) is 25.0 Å². The van der Waals surface area contributed by atoms with Crippen molar-refractivity contribution in [3.05, 3.63) is 63.6 Å². The summed E-state index contributed by atoms with van der Waals surface area (Å²) in [6.45, 7) is 4.93. The van der Waals surface area contributed by atoms with Gasteiger partial charge in [0.1, 0.15) is 0 Å². The Labute approximate surface area is 173 Å². The number of hydrogen-bond donors (Lipinski definition) is 3. The molecule has 0 unspecified atom stereocenters. The fourth-order valence-corrected chi connectivity index (χ4v) is 2.48. The van der Waals surface area contributed by atoms with Crippen LogP contribution in [0.4, 0.5) is 5.69 Å². The van der Waals surface area contributed by atoms with Crippen molar-refractivity contribution in [1.82, 2.24) is 5.32 Å². The van der Waals surface area contributed by atoms with E-state index in [4.69, 9.17) is 5.73 Å². The van der Waals surface area contributed by atoms with Crippen LogP contribution in [0, 0.1) is 13.8 Å². The van der Waals surface area contributed by atoms with Crippen molar-refractivity contribution < 1.29 is 4.79 Å². The first kappa shape index (κ1) is 21.4. The normalized spacial score (nSPS) is 10.8. The minimum Gasteiger partial charge on any atom is -0.370 e. The van der Waals surface area contributed by atoms with E-state index in [1.54, 1.807) is 12.1 Å². The fraction of sp³-hybridized carbons (Fsp3) is 0.222. The number of nitrogens with one attached hydrogen (secondary N) is 2. The van der Waals surface area contributed by atoms with Gasteiger partial charge in [0.2, 0.25) is 0 Å². The third kappa shape index (κ3) is 7.03. The molecule has 2 rings (SSSR count). The number of carbonyl (C=O) groups is 1. The summed E-state index contributed by atoms with van der Waals surface area (Å²) in [5.74, 6) is 0.196. The summed E-state index contributed by atoms with van der Waals surface area (Å²) in [6, 6.07) is 13.2. The molecule has 4 N–H and O–H groups in total. The molecule has 0 heterocycles. The van der Waals surface area contributed by atoms with Crippen LogP contribution in [0.25, 0.3) is 0 Å². The lowest BCUT2D eigenvalue weighted by atomic mass is 10.1. The lowest BCUT2D eigenvalue weighted by Crippen LogP contribution is -2.28. The zero-order chi connectivity index (χ0) is 17.5. The number of rotatable bonds is 5. The Kier molecular flexibility index (Phi) is 8.91. The van der Waals surface area contributed by atoms with E-state index in [0.29, 0.717) is 24.6 Å². The number of benzene rings is 2. The summed E-state index contributed by atoms with van der Waals surface area (Å²) in [7, 11) is 0. The van der Waals surface area contributed by atoms with Crippen molar-refractivity contribution >= 4 is 57.5 Å². The number of aliphatic imine (C=N–C) groups is 1. The fourth-order valence-electron chi connectivity index (χ4n) is 2.08. The Morgan fingerprint density at radius 1 is 1.16 bits per heavy atom. The molecule has 0 aliphatic heterocycles. The van der Waals surface area contributed by atoms with Gasteiger partial charge >= 0.3 is 0 Å². The van der Waals surface area contributed by atoms with Gasteiger partial charge < -0.3 is 16.4 Å². The standard InChI is InChI=1S/C18H21BrN4O.HI/c1-12-6-7-16(10-13(12)2)23-18(20)22-9-8-21-17(24)14-4-3-5-15(19)11-14;/h3-7,10-11H,8-9H2,1-2H3,(H,21,24)(H3,20,22,23);1H. The van der Waals surface area contributed by atoms with Gasteiger partial charge in [0.15, 0.2) is 5.96 Å². The molecule has 25 heavy (non-hydrogen) atoms. The number of aryl methyl sites for hydroxylation is 2. The van der Waals surface area contributed by atoms with Crippen molar-refractivity contribution in [1.29, 1.82) is 0 Å². The van der Waals surface area contributed by atoms with Crippen LogP contribution in [0.5, 0.6) is 0 Å². The molecule has 0 spiro atoms. The van der Waals surface area contributed by atoms with Gasteiger partial charge in [-0.1, -0.05) is 28.1 Å². The van der Waals surface area contributed by atoms with Crippen LogP contribution in [0.2, 0.25) is 0 Å². The second-order valence-corrected chi connectivity index (χ2v) is 6.37. The third-order valence-electron chi connectivity index (χ3n) is 3.55. The van der Waals surface area contributed by atoms with Gasteiger partial charge in [-0.2, -0.15) is 0 Å². The summed E-state index contributed by atoms with van der Waals surface area (Å²) < 4.78 is 0.870. The number of nitrogens with zero attached hydrogens (tertiary/aromatic N) is 1. The van der Waals surface area contributed by atoms with Crippen molar-refractivity contribution in [2.24, 2.45) is 10.7 Å². The summed E-state index contributed by atoms with van der Waals surface area (Å²) >= 11 is 3.35. The molecule has 5 nitrogen and oxygen atoms in total. The van der Waals surface area contributed by atoms with E-state index in [1.807, 2.05) is 37.3 Å². The number of guanidine groups is 1. The first-order chi connectivity index (χ1) is 11.5. The Hall–Kier alpha value is -1.61. The van der Waals surface area contributed by atoms with Gasteiger partial charge in [0, 0.05) is 22.3 Å². The third-order valence-corrected chi connectivity index (χ3v) is 4.04. The molecule has 1 amide bonds. The van der Waals surface area contributed by atoms with Crippen LogP contribution >= 0.6 is 39.9 Å². The number of halogens is 2. The molecule has 0 bridgehead atoms. The Morgan fingerprint density at radius 3 is 2.60 bits per heavy atom. The lowest BCUT2D eigenvalue weighted by Gasteiger charge is -2.08. The van der Waals surface area contributed by atoms with E-state index in [0.717, 1.165) is 10.2 Å². The number of carbonyl (C=O) groups excluding carboxylic acids is 1. The summed E-state index contributed by atoms with van der Waals surface area (Å²) in [4.78, 5) is 16.2. The highest BCUT2D eigenvalue weighted by atomic mass is 127. The maximum absolute atomic E-state index is 12.0. The van der Waals surface area contributed by atoms with Crippen LogP contribution in [0.3, 0.4) is 0 Å². The minimum absolute atomic E-state index is 0. The van der Waals surface area contributed by atoms with Crippen LogP contribution in [0.15, 0.2) is 51.9 Å². The Bertz CT molecular complexity index is 764. The quantitative estimate of drug-likeness (QED) is 0.244.